The van der Waals surface area contributed by atoms with Crippen LogP contribution in [0.25, 0.3) is 0 Å². The molecule has 0 saturated carbocycles. The Morgan fingerprint density at radius 2 is 1.90 bits per heavy atom. The van der Waals surface area contributed by atoms with Crippen LogP contribution in [0.1, 0.15) is 25.0 Å². The summed E-state index contributed by atoms with van der Waals surface area (Å²) in [7, 11) is 1.63. The standard InChI is InChI=1S/C15H24FNO3/c1-12(17)15(13-6-3-4-7-14(13)16)20-9-5-8-19-11-10-18-2/h3-4,6-7,12,15H,5,8-11,17H2,1-2H3. The molecule has 1 aromatic carbocycles. The van der Waals surface area contributed by atoms with E-state index < -0.39 is 6.10 Å². The van der Waals surface area contributed by atoms with Gasteiger partial charge in [-0.15, -0.1) is 0 Å². The number of nitrogens with two attached hydrogens (primary N) is 1. The lowest BCUT2D eigenvalue weighted by Gasteiger charge is -2.22. The van der Waals surface area contributed by atoms with Gasteiger partial charge < -0.3 is 19.9 Å². The van der Waals surface area contributed by atoms with Crippen LogP contribution in [0.5, 0.6) is 0 Å². The quantitative estimate of drug-likeness (QED) is 0.670. The van der Waals surface area contributed by atoms with Crippen LogP contribution in [0.4, 0.5) is 4.39 Å². The first-order chi connectivity index (χ1) is 9.66. The Morgan fingerprint density at radius 1 is 1.15 bits per heavy atom. The van der Waals surface area contributed by atoms with Gasteiger partial charge in [0.05, 0.1) is 13.2 Å². The van der Waals surface area contributed by atoms with Crippen molar-refractivity contribution in [2.75, 3.05) is 33.5 Å². The Bertz CT molecular complexity index is 374. The number of methoxy groups -OCH3 is 1. The van der Waals surface area contributed by atoms with Crippen molar-refractivity contribution in [1.82, 2.24) is 0 Å². The fraction of sp³-hybridized carbons (Fsp3) is 0.600. The normalized spacial score (nSPS) is 14.2. The molecule has 20 heavy (non-hydrogen) atoms. The van der Waals surface area contributed by atoms with Crippen LogP contribution in [0.3, 0.4) is 0 Å². The van der Waals surface area contributed by atoms with Crippen molar-refractivity contribution in [3.05, 3.63) is 35.6 Å². The summed E-state index contributed by atoms with van der Waals surface area (Å²) in [4.78, 5) is 0. The van der Waals surface area contributed by atoms with Gasteiger partial charge in [0.1, 0.15) is 11.9 Å². The first-order valence-electron chi connectivity index (χ1n) is 6.85. The molecule has 1 aromatic rings. The van der Waals surface area contributed by atoms with Crippen LogP contribution in [0.2, 0.25) is 0 Å². The Hall–Kier alpha value is -1.01. The average molecular weight is 285 g/mol. The minimum atomic E-state index is -0.435. The van der Waals surface area contributed by atoms with Crippen LogP contribution in [-0.4, -0.2) is 39.6 Å². The van der Waals surface area contributed by atoms with Crippen molar-refractivity contribution >= 4 is 0 Å². The van der Waals surface area contributed by atoms with Crippen LogP contribution in [0, 0.1) is 5.82 Å². The molecule has 114 valence electrons. The van der Waals surface area contributed by atoms with Crippen molar-refractivity contribution in [3.8, 4) is 0 Å². The molecule has 0 radical (unpaired) electrons. The molecule has 0 bridgehead atoms. The second-order valence-corrected chi connectivity index (χ2v) is 4.63. The number of hydrogen-bond donors (Lipinski definition) is 1. The van der Waals surface area contributed by atoms with E-state index in [0.29, 0.717) is 32.0 Å². The molecule has 2 unspecified atom stereocenters. The third-order valence-corrected chi connectivity index (χ3v) is 2.85. The largest absolute Gasteiger partial charge is 0.382 e. The molecular weight excluding hydrogens is 261 g/mol. The van der Waals surface area contributed by atoms with Gasteiger partial charge in [-0.05, 0) is 19.4 Å². The van der Waals surface area contributed by atoms with Gasteiger partial charge in [-0.1, -0.05) is 18.2 Å². The van der Waals surface area contributed by atoms with E-state index >= 15 is 0 Å². The van der Waals surface area contributed by atoms with E-state index in [1.54, 1.807) is 25.3 Å². The molecule has 0 heterocycles. The summed E-state index contributed by atoms with van der Waals surface area (Å²) in [6, 6.07) is 6.29. The fourth-order valence-corrected chi connectivity index (χ4v) is 1.85. The summed E-state index contributed by atoms with van der Waals surface area (Å²) in [5.41, 5.74) is 6.38. The first kappa shape index (κ1) is 17.0. The third kappa shape index (κ3) is 5.96. The monoisotopic (exact) mass is 285 g/mol. The Morgan fingerprint density at radius 3 is 2.55 bits per heavy atom. The third-order valence-electron chi connectivity index (χ3n) is 2.85. The highest BCUT2D eigenvalue weighted by Gasteiger charge is 2.19. The van der Waals surface area contributed by atoms with Gasteiger partial charge in [0, 0.05) is 31.9 Å². The lowest BCUT2D eigenvalue weighted by molar-refractivity contribution is 0.0129. The molecule has 0 saturated heterocycles. The minimum Gasteiger partial charge on any atom is -0.382 e. The molecule has 0 spiro atoms. The van der Waals surface area contributed by atoms with Crippen molar-refractivity contribution in [3.63, 3.8) is 0 Å². The minimum absolute atomic E-state index is 0.277. The zero-order valence-electron chi connectivity index (χ0n) is 12.2. The molecule has 1 rings (SSSR count). The lowest BCUT2D eigenvalue weighted by Crippen LogP contribution is -2.28. The summed E-state index contributed by atoms with van der Waals surface area (Å²) in [5.74, 6) is -0.286. The fourth-order valence-electron chi connectivity index (χ4n) is 1.85. The second-order valence-electron chi connectivity index (χ2n) is 4.63. The topological polar surface area (TPSA) is 53.7 Å². The van der Waals surface area contributed by atoms with Crippen molar-refractivity contribution < 1.29 is 18.6 Å². The van der Waals surface area contributed by atoms with Gasteiger partial charge in [-0.3, -0.25) is 0 Å². The Kier molecular flexibility index (Phi) is 8.37. The zero-order chi connectivity index (χ0) is 14.8. The summed E-state index contributed by atoms with van der Waals surface area (Å²) >= 11 is 0. The highest BCUT2D eigenvalue weighted by molar-refractivity contribution is 5.21. The van der Waals surface area contributed by atoms with Crippen molar-refractivity contribution in [1.29, 1.82) is 0 Å². The predicted molar refractivity (Wildman–Crippen MR) is 76.1 cm³/mol. The smallest absolute Gasteiger partial charge is 0.129 e. The number of benzene rings is 1. The number of hydrogen-bond acceptors (Lipinski definition) is 4. The predicted octanol–water partition coefficient (Wildman–Crippen LogP) is 2.28. The van der Waals surface area contributed by atoms with E-state index in [-0.39, 0.29) is 11.9 Å². The summed E-state index contributed by atoms with van der Waals surface area (Å²) < 4.78 is 29.7. The summed E-state index contributed by atoms with van der Waals surface area (Å²) in [6.45, 7) is 4.03. The van der Waals surface area contributed by atoms with Crippen molar-refractivity contribution in [2.24, 2.45) is 5.73 Å². The average Bonchev–Trinajstić information content (AvgIpc) is 2.43. The molecule has 2 N–H and O–H groups in total. The van der Waals surface area contributed by atoms with E-state index in [4.69, 9.17) is 19.9 Å². The maximum atomic E-state index is 13.7. The maximum absolute atomic E-state index is 13.7. The molecular formula is C15H24FNO3. The summed E-state index contributed by atoms with van der Waals surface area (Å²) in [6.07, 6.45) is 0.302. The molecule has 2 atom stereocenters. The molecule has 0 aromatic heterocycles. The van der Waals surface area contributed by atoms with Crippen LogP contribution >= 0.6 is 0 Å². The number of ether oxygens (including phenoxy) is 3. The SMILES string of the molecule is COCCOCCCOC(c1ccccc1F)C(C)N. The number of rotatable bonds is 10. The van der Waals surface area contributed by atoms with E-state index in [1.807, 2.05) is 6.92 Å². The lowest BCUT2D eigenvalue weighted by atomic mass is 10.0. The van der Waals surface area contributed by atoms with Crippen LogP contribution in [-0.2, 0) is 14.2 Å². The maximum Gasteiger partial charge on any atom is 0.129 e. The molecule has 0 aliphatic rings. The highest BCUT2D eigenvalue weighted by atomic mass is 19.1. The van der Waals surface area contributed by atoms with Crippen LogP contribution < -0.4 is 5.73 Å². The molecule has 0 aliphatic carbocycles. The zero-order valence-corrected chi connectivity index (χ0v) is 12.2. The van der Waals surface area contributed by atoms with E-state index in [0.717, 1.165) is 6.42 Å². The van der Waals surface area contributed by atoms with Gasteiger partial charge in [0.2, 0.25) is 0 Å². The molecule has 0 aliphatic heterocycles. The van der Waals surface area contributed by atoms with E-state index in [2.05, 4.69) is 0 Å². The van der Waals surface area contributed by atoms with Gasteiger partial charge >= 0.3 is 0 Å². The van der Waals surface area contributed by atoms with Gasteiger partial charge in [0.15, 0.2) is 0 Å². The molecule has 0 amide bonds. The van der Waals surface area contributed by atoms with Crippen LogP contribution in [0.15, 0.2) is 24.3 Å². The molecule has 0 fully saturated rings. The molecule has 5 heteroatoms. The Balaban J connectivity index is 2.36. The van der Waals surface area contributed by atoms with Gasteiger partial charge in [0.25, 0.3) is 0 Å². The first-order valence-corrected chi connectivity index (χ1v) is 6.85. The van der Waals surface area contributed by atoms with Gasteiger partial charge in [-0.2, -0.15) is 0 Å². The van der Waals surface area contributed by atoms with Gasteiger partial charge in [-0.25, -0.2) is 4.39 Å². The van der Waals surface area contributed by atoms with E-state index in [1.165, 1.54) is 6.07 Å². The Labute approximate surface area is 120 Å². The van der Waals surface area contributed by atoms with Crippen molar-refractivity contribution in [2.45, 2.75) is 25.5 Å². The highest BCUT2D eigenvalue weighted by Crippen LogP contribution is 2.23. The number of halogens is 1. The summed E-state index contributed by atoms with van der Waals surface area (Å²) in [5, 5.41) is 0. The van der Waals surface area contributed by atoms with E-state index in [9.17, 15) is 4.39 Å². The molecule has 4 nitrogen and oxygen atoms in total. The second kappa shape index (κ2) is 9.83.